The molecule has 1 aliphatic heterocycles. The van der Waals surface area contributed by atoms with Crippen molar-refractivity contribution in [3.8, 4) is 5.88 Å². The highest BCUT2D eigenvalue weighted by molar-refractivity contribution is 6.30. The average Bonchev–Trinajstić information content (AvgIpc) is 3.05. The Labute approximate surface area is 183 Å². The van der Waals surface area contributed by atoms with Crippen molar-refractivity contribution in [1.29, 1.82) is 0 Å². The topological polar surface area (TPSA) is 104 Å². The van der Waals surface area contributed by atoms with Crippen LogP contribution >= 0.6 is 11.6 Å². The summed E-state index contributed by atoms with van der Waals surface area (Å²) in [7, 11) is 1.66. The van der Waals surface area contributed by atoms with E-state index in [-0.39, 0.29) is 30.8 Å². The van der Waals surface area contributed by atoms with E-state index < -0.39 is 11.9 Å². The molecular weight excluding hydrogens is 420 g/mol. The zero-order chi connectivity index (χ0) is 22.1. The smallest absolute Gasteiger partial charge is 0.321 e. The van der Waals surface area contributed by atoms with Gasteiger partial charge in [0.05, 0.1) is 0 Å². The molecule has 0 aliphatic carbocycles. The highest BCUT2D eigenvalue weighted by atomic mass is 35.5. The number of rotatable bonds is 4. The number of benzene rings is 2. The number of imide groups is 1. The summed E-state index contributed by atoms with van der Waals surface area (Å²) < 4.78 is 1.49. The molecule has 0 bridgehead atoms. The number of fused-ring (bicyclic) bond motifs is 1. The molecule has 1 fully saturated rings. The Morgan fingerprint density at radius 1 is 1.26 bits per heavy atom. The zero-order valence-electron chi connectivity index (χ0n) is 16.8. The predicted molar refractivity (Wildman–Crippen MR) is 117 cm³/mol. The fourth-order valence-electron chi connectivity index (χ4n) is 3.74. The summed E-state index contributed by atoms with van der Waals surface area (Å²) in [4.78, 5) is 37.8. The van der Waals surface area contributed by atoms with Crippen LogP contribution in [0.3, 0.4) is 0 Å². The fourth-order valence-corrected chi connectivity index (χ4v) is 3.93. The van der Waals surface area contributed by atoms with Crippen LogP contribution in [0.4, 0.5) is 10.5 Å². The lowest BCUT2D eigenvalue weighted by Gasteiger charge is -2.22. The van der Waals surface area contributed by atoms with E-state index in [1.807, 2.05) is 6.07 Å². The van der Waals surface area contributed by atoms with Crippen LogP contribution in [0, 0.1) is 0 Å². The van der Waals surface area contributed by atoms with Gasteiger partial charge < -0.3 is 19.9 Å². The molecule has 1 atom stereocenters. The van der Waals surface area contributed by atoms with E-state index in [9.17, 15) is 19.5 Å². The van der Waals surface area contributed by atoms with Gasteiger partial charge in [0.15, 0.2) is 5.88 Å². The standard InChI is InChI=1S/C22H21ClN4O4/c1-26(22(31)24-15-6-3-5-14(23)10-15)11-13-4-2-7-16-17(13)12-27(21(16)30)18-8-9-19(28)25-20(18)29/h2-7,10,12,18,30H,8-9,11H2,1H3,(H,24,31)(H,25,28,29). The van der Waals surface area contributed by atoms with Crippen LogP contribution in [-0.4, -0.2) is 39.5 Å². The first kappa shape index (κ1) is 20.7. The van der Waals surface area contributed by atoms with E-state index in [2.05, 4.69) is 10.6 Å². The van der Waals surface area contributed by atoms with Crippen molar-refractivity contribution in [1.82, 2.24) is 14.8 Å². The Balaban J connectivity index is 1.57. The molecule has 1 aromatic heterocycles. The summed E-state index contributed by atoms with van der Waals surface area (Å²) in [5.74, 6) is -0.797. The molecule has 31 heavy (non-hydrogen) atoms. The summed E-state index contributed by atoms with van der Waals surface area (Å²) in [5.41, 5.74) is 1.40. The van der Waals surface area contributed by atoms with Gasteiger partial charge in [0.1, 0.15) is 6.04 Å². The van der Waals surface area contributed by atoms with Crippen molar-refractivity contribution >= 4 is 45.9 Å². The maximum Gasteiger partial charge on any atom is 0.321 e. The van der Waals surface area contributed by atoms with E-state index in [0.29, 0.717) is 22.5 Å². The molecule has 0 radical (unpaired) electrons. The second kappa shape index (κ2) is 8.31. The van der Waals surface area contributed by atoms with Gasteiger partial charge in [-0.1, -0.05) is 29.8 Å². The number of piperidine rings is 1. The number of hydrogen-bond donors (Lipinski definition) is 3. The summed E-state index contributed by atoms with van der Waals surface area (Å²) in [5, 5.41) is 17.6. The first-order chi connectivity index (χ1) is 14.8. The van der Waals surface area contributed by atoms with E-state index in [1.54, 1.807) is 49.6 Å². The molecule has 4 amide bonds. The van der Waals surface area contributed by atoms with Gasteiger partial charge in [-0.15, -0.1) is 0 Å². The number of amides is 4. The van der Waals surface area contributed by atoms with Crippen LogP contribution in [0.15, 0.2) is 48.7 Å². The second-order valence-electron chi connectivity index (χ2n) is 7.50. The monoisotopic (exact) mass is 440 g/mol. The Bertz CT molecular complexity index is 1190. The number of urea groups is 1. The number of nitrogens with one attached hydrogen (secondary N) is 2. The molecule has 4 rings (SSSR count). The molecule has 160 valence electrons. The molecule has 1 unspecified atom stereocenters. The molecule has 3 aromatic rings. The molecule has 2 aromatic carbocycles. The number of anilines is 1. The van der Waals surface area contributed by atoms with Crippen LogP contribution in [0.1, 0.15) is 24.4 Å². The Morgan fingerprint density at radius 2 is 2.03 bits per heavy atom. The van der Waals surface area contributed by atoms with Gasteiger partial charge >= 0.3 is 6.03 Å². The number of nitrogens with zero attached hydrogens (tertiary/aromatic N) is 2. The van der Waals surface area contributed by atoms with Crippen LogP contribution in [0.25, 0.3) is 10.8 Å². The SMILES string of the molecule is CN(Cc1cccc2c(O)n(C3CCC(=O)NC3=O)cc12)C(=O)Nc1cccc(Cl)c1. The average molecular weight is 441 g/mol. The minimum Gasteiger partial charge on any atom is -0.494 e. The lowest BCUT2D eigenvalue weighted by atomic mass is 10.1. The fraction of sp³-hybridized carbons (Fsp3) is 0.227. The highest BCUT2D eigenvalue weighted by Crippen LogP contribution is 2.34. The van der Waals surface area contributed by atoms with Gasteiger partial charge in [0, 0.05) is 47.7 Å². The number of halogens is 1. The normalized spacial score (nSPS) is 16.3. The van der Waals surface area contributed by atoms with E-state index in [4.69, 9.17) is 11.6 Å². The third kappa shape index (κ3) is 4.20. The van der Waals surface area contributed by atoms with Gasteiger partial charge in [0.2, 0.25) is 11.8 Å². The summed E-state index contributed by atoms with van der Waals surface area (Å²) in [6.07, 6.45) is 2.23. The minimum absolute atomic E-state index is 0.0441. The lowest BCUT2D eigenvalue weighted by Crippen LogP contribution is -2.41. The molecule has 1 aliphatic rings. The summed E-state index contributed by atoms with van der Waals surface area (Å²) in [6.45, 7) is 0.280. The predicted octanol–water partition coefficient (Wildman–Crippen LogP) is 3.64. The number of carbonyl (C=O) groups is 3. The lowest BCUT2D eigenvalue weighted by molar-refractivity contribution is -0.135. The largest absolute Gasteiger partial charge is 0.494 e. The first-order valence-electron chi connectivity index (χ1n) is 9.76. The molecule has 0 spiro atoms. The second-order valence-corrected chi connectivity index (χ2v) is 7.94. The number of hydrogen-bond acceptors (Lipinski definition) is 4. The summed E-state index contributed by atoms with van der Waals surface area (Å²) >= 11 is 5.96. The van der Waals surface area contributed by atoms with Crippen molar-refractivity contribution in [2.24, 2.45) is 0 Å². The molecule has 1 saturated heterocycles. The number of carbonyl (C=O) groups excluding carboxylic acids is 3. The molecular formula is C22H21ClN4O4. The molecule has 8 nitrogen and oxygen atoms in total. The van der Waals surface area contributed by atoms with Gasteiger partial charge in [-0.3, -0.25) is 14.9 Å². The zero-order valence-corrected chi connectivity index (χ0v) is 17.5. The highest BCUT2D eigenvalue weighted by Gasteiger charge is 2.30. The molecule has 0 saturated carbocycles. The van der Waals surface area contributed by atoms with Crippen molar-refractivity contribution in [2.75, 3.05) is 12.4 Å². The quantitative estimate of drug-likeness (QED) is 0.539. The van der Waals surface area contributed by atoms with Crippen LogP contribution in [-0.2, 0) is 16.1 Å². The van der Waals surface area contributed by atoms with Crippen LogP contribution in [0.2, 0.25) is 5.02 Å². The number of aromatic nitrogens is 1. The third-order valence-corrected chi connectivity index (χ3v) is 5.56. The molecule has 2 heterocycles. The van der Waals surface area contributed by atoms with Crippen LogP contribution in [0.5, 0.6) is 5.88 Å². The Hall–Kier alpha value is -3.52. The van der Waals surface area contributed by atoms with E-state index >= 15 is 0 Å². The summed E-state index contributed by atoms with van der Waals surface area (Å²) in [6, 6.07) is 11.3. The Morgan fingerprint density at radius 3 is 2.77 bits per heavy atom. The van der Waals surface area contributed by atoms with Crippen molar-refractivity contribution < 1.29 is 19.5 Å². The van der Waals surface area contributed by atoms with Gasteiger partial charge in [0.25, 0.3) is 0 Å². The van der Waals surface area contributed by atoms with E-state index in [1.165, 1.54) is 9.47 Å². The maximum atomic E-state index is 12.6. The minimum atomic E-state index is -0.665. The molecule has 3 N–H and O–H groups in total. The van der Waals surface area contributed by atoms with Gasteiger partial charge in [-0.2, -0.15) is 0 Å². The first-order valence-corrected chi connectivity index (χ1v) is 10.1. The van der Waals surface area contributed by atoms with Crippen molar-refractivity contribution in [3.05, 3.63) is 59.2 Å². The molecule has 9 heteroatoms. The van der Waals surface area contributed by atoms with E-state index in [0.717, 1.165) is 10.9 Å². The van der Waals surface area contributed by atoms with Gasteiger partial charge in [-0.25, -0.2) is 4.79 Å². The van der Waals surface area contributed by atoms with Crippen LogP contribution < -0.4 is 10.6 Å². The number of aromatic hydroxyl groups is 1. The maximum absolute atomic E-state index is 12.6. The van der Waals surface area contributed by atoms with Crippen molar-refractivity contribution in [3.63, 3.8) is 0 Å². The van der Waals surface area contributed by atoms with Crippen molar-refractivity contribution in [2.45, 2.75) is 25.4 Å². The third-order valence-electron chi connectivity index (χ3n) is 5.33. The van der Waals surface area contributed by atoms with Gasteiger partial charge in [-0.05, 0) is 36.2 Å². The Kier molecular flexibility index (Phi) is 5.56.